The van der Waals surface area contributed by atoms with Crippen molar-refractivity contribution < 1.29 is 4.79 Å². The lowest BCUT2D eigenvalue weighted by Gasteiger charge is -2.24. The highest BCUT2D eigenvalue weighted by atomic mass is 127. The molecule has 3 N–H and O–H groups in total. The van der Waals surface area contributed by atoms with Crippen molar-refractivity contribution in [3.05, 3.63) is 30.1 Å². The number of carbonyl (C=O) groups is 1. The molecule has 0 aliphatic heterocycles. The van der Waals surface area contributed by atoms with Gasteiger partial charge in [0.15, 0.2) is 5.96 Å². The van der Waals surface area contributed by atoms with Gasteiger partial charge in [0.25, 0.3) is 0 Å². The molecule has 0 fully saturated rings. The van der Waals surface area contributed by atoms with Gasteiger partial charge in [0.05, 0.1) is 16.4 Å². The first-order valence-electron chi connectivity index (χ1n) is 9.53. The Morgan fingerprint density at radius 1 is 1.21 bits per heavy atom. The molecule has 156 valence electrons. The first-order chi connectivity index (χ1) is 12.9. The molecule has 1 aromatic carbocycles. The summed E-state index contributed by atoms with van der Waals surface area (Å²) in [5.74, 6) is 1.78. The molecule has 0 spiro atoms. The number of hydrogen-bond acceptors (Lipinski definition) is 3. The van der Waals surface area contributed by atoms with Gasteiger partial charge in [-0.25, -0.2) is 4.98 Å². The second-order valence-corrected chi connectivity index (χ2v) is 7.25. The predicted octanol–water partition coefficient (Wildman–Crippen LogP) is 2.68. The maximum absolute atomic E-state index is 12.1. The van der Waals surface area contributed by atoms with Crippen LogP contribution >= 0.6 is 24.0 Å². The molecule has 0 aliphatic carbocycles. The molecule has 0 saturated carbocycles. The van der Waals surface area contributed by atoms with Crippen molar-refractivity contribution in [2.45, 2.75) is 40.7 Å². The van der Waals surface area contributed by atoms with Crippen LogP contribution in [0.4, 0.5) is 0 Å². The predicted molar refractivity (Wildman–Crippen MR) is 126 cm³/mol. The monoisotopic (exact) mass is 500 g/mol. The number of nitrogens with one attached hydrogen (secondary N) is 3. The van der Waals surface area contributed by atoms with Crippen LogP contribution in [-0.2, 0) is 11.3 Å². The van der Waals surface area contributed by atoms with Crippen LogP contribution in [-0.4, -0.2) is 48.1 Å². The molecule has 0 saturated heterocycles. The van der Waals surface area contributed by atoms with E-state index >= 15 is 0 Å². The number of hydrogen-bond donors (Lipinski definition) is 3. The van der Waals surface area contributed by atoms with E-state index in [0.717, 1.165) is 30.9 Å². The second-order valence-electron chi connectivity index (χ2n) is 7.25. The first kappa shape index (κ1) is 24.2. The first-order valence-corrected chi connectivity index (χ1v) is 9.53. The zero-order chi connectivity index (χ0) is 19.9. The minimum absolute atomic E-state index is 0. The quantitative estimate of drug-likeness (QED) is 0.225. The van der Waals surface area contributed by atoms with Crippen LogP contribution < -0.4 is 16.0 Å². The van der Waals surface area contributed by atoms with E-state index in [2.05, 4.69) is 36.6 Å². The van der Waals surface area contributed by atoms with E-state index in [9.17, 15) is 4.79 Å². The molecule has 0 unspecified atom stereocenters. The zero-order valence-corrected chi connectivity index (χ0v) is 19.8. The smallest absolute Gasteiger partial charge is 0.227 e. The van der Waals surface area contributed by atoms with Crippen molar-refractivity contribution in [1.82, 2.24) is 25.5 Å². The Kier molecular flexibility index (Phi) is 9.71. The Hall–Kier alpha value is -1.84. The fourth-order valence-electron chi connectivity index (χ4n) is 2.93. The van der Waals surface area contributed by atoms with Gasteiger partial charge in [0, 0.05) is 33.2 Å². The number of aromatic nitrogens is 2. The summed E-state index contributed by atoms with van der Waals surface area (Å²) in [5.41, 5.74) is 1.70. The van der Waals surface area contributed by atoms with Gasteiger partial charge in [0.2, 0.25) is 5.91 Å². The summed E-state index contributed by atoms with van der Waals surface area (Å²) in [6, 6.07) is 8.20. The van der Waals surface area contributed by atoms with E-state index in [1.807, 2.05) is 45.9 Å². The van der Waals surface area contributed by atoms with E-state index in [0.29, 0.717) is 19.0 Å². The minimum atomic E-state index is -0.500. The molecule has 1 aromatic heterocycles. The lowest BCUT2D eigenvalue weighted by molar-refractivity contribution is -0.128. The van der Waals surface area contributed by atoms with Gasteiger partial charge < -0.3 is 20.5 Å². The number of rotatable bonds is 8. The van der Waals surface area contributed by atoms with Gasteiger partial charge in [-0.05, 0) is 46.2 Å². The van der Waals surface area contributed by atoms with Crippen molar-refractivity contribution in [2.24, 2.45) is 10.4 Å². The van der Waals surface area contributed by atoms with Crippen LogP contribution in [0.1, 0.15) is 33.0 Å². The van der Waals surface area contributed by atoms with Crippen LogP contribution in [0.3, 0.4) is 0 Å². The molecule has 1 heterocycles. The third-order valence-corrected chi connectivity index (χ3v) is 4.57. The number of benzene rings is 1. The number of aliphatic imine (C=N–C) groups is 1. The number of nitrogens with zero attached hydrogens (tertiary/aromatic N) is 3. The Balaban J connectivity index is 0.00000392. The summed E-state index contributed by atoms with van der Waals surface area (Å²) in [4.78, 5) is 20.9. The Labute approximate surface area is 184 Å². The fraction of sp³-hybridized carbons (Fsp3) is 0.550. The molecule has 0 radical (unpaired) electrons. The van der Waals surface area contributed by atoms with Crippen molar-refractivity contribution in [3.8, 4) is 0 Å². The number of guanidine groups is 1. The number of carbonyl (C=O) groups excluding carboxylic acids is 1. The molecule has 0 atom stereocenters. The molecule has 8 heteroatoms. The van der Waals surface area contributed by atoms with Crippen molar-refractivity contribution in [1.29, 1.82) is 0 Å². The van der Waals surface area contributed by atoms with Crippen LogP contribution in [0.2, 0.25) is 0 Å². The summed E-state index contributed by atoms with van der Waals surface area (Å²) < 4.78 is 2.24. The Bertz CT molecular complexity index is 799. The normalized spacial score (nSPS) is 11.8. The standard InChI is InChI=1S/C20H32N6O.HI/c1-6-22-18(27)20(3,4)14-24-19(21-5)23-12-9-13-26-15(2)25-16-10-7-8-11-17(16)26;/h7-8,10-11H,6,9,12-14H2,1-5H3,(H,22,27)(H2,21,23,24);1H. The van der Waals surface area contributed by atoms with Crippen LogP contribution in [0.25, 0.3) is 11.0 Å². The number of halogens is 1. The van der Waals surface area contributed by atoms with E-state index in [1.165, 1.54) is 5.52 Å². The van der Waals surface area contributed by atoms with Crippen LogP contribution in [0, 0.1) is 12.3 Å². The maximum atomic E-state index is 12.1. The number of fused-ring (bicyclic) bond motifs is 1. The summed E-state index contributed by atoms with van der Waals surface area (Å²) >= 11 is 0. The molecule has 7 nitrogen and oxygen atoms in total. The SMILES string of the molecule is CCNC(=O)C(C)(C)CNC(=NC)NCCCn1c(C)nc2ccccc21.I. The van der Waals surface area contributed by atoms with E-state index < -0.39 is 5.41 Å². The summed E-state index contributed by atoms with van der Waals surface area (Å²) in [5, 5.41) is 9.43. The highest BCUT2D eigenvalue weighted by Gasteiger charge is 2.27. The second kappa shape index (κ2) is 11.2. The van der Waals surface area contributed by atoms with Gasteiger partial charge in [0.1, 0.15) is 5.82 Å². The molecule has 0 aliphatic rings. The summed E-state index contributed by atoms with van der Waals surface area (Å²) in [6.45, 7) is 10.6. The van der Waals surface area contributed by atoms with Crippen LogP contribution in [0.15, 0.2) is 29.3 Å². The zero-order valence-electron chi connectivity index (χ0n) is 17.5. The lowest BCUT2D eigenvalue weighted by Crippen LogP contribution is -2.48. The number of imidazole rings is 1. The number of para-hydroxylation sites is 2. The van der Waals surface area contributed by atoms with Crippen LogP contribution in [0.5, 0.6) is 0 Å². The highest BCUT2D eigenvalue weighted by molar-refractivity contribution is 14.0. The van der Waals surface area contributed by atoms with Crippen molar-refractivity contribution in [2.75, 3.05) is 26.7 Å². The molecular formula is C20H33IN6O. The molecular weight excluding hydrogens is 467 g/mol. The number of amides is 1. The minimum Gasteiger partial charge on any atom is -0.356 e. The highest BCUT2D eigenvalue weighted by Crippen LogP contribution is 2.15. The van der Waals surface area contributed by atoms with Gasteiger partial charge in [-0.15, -0.1) is 24.0 Å². The van der Waals surface area contributed by atoms with Gasteiger partial charge >= 0.3 is 0 Å². The Morgan fingerprint density at radius 3 is 2.61 bits per heavy atom. The lowest BCUT2D eigenvalue weighted by atomic mass is 9.92. The van der Waals surface area contributed by atoms with Gasteiger partial charge in [-0.2, -0.15) is 0 Å². The summed E-state index contributed by atoms with van der Waals surface area (Å²) in [7, 11) is 1.74. The fourth-order valence-corrected chi connectivity index (χ4v) is 2.93. The Morgan fingerprint density at radius 2 is 1.93 bits per heavy atom. The van der Waals surface area contributed by atoms with Crippen molar-refractivity contribution in [3.63, 3.8) is 0 Å². The van der Waals surface area contributed by atoms with Gasteiger partial charge in [-0.1, -0.05) is 12.1 Å². The van der Waals surface area contributed by atoms with E-state index in [1.54, 1.807) is 7.05 Å². The molecule has 2 rings (SSSR count). The van der Waals surface area contributed by atoms with Crippen molar-refractivity contribution >= 4 is 46.9 Å². The average Bonchev–Trinajstić information content (AvgIpc) is 2.96. The third kappa shape index (κ3) is 6.35. The van der Waals surface area contributed by atoms with E-state index in [4.69, 9.17) is 0 Å². The summed E-state index contributed by atoms with van der Waals surface area (Å²) in [6.07, 6.45) is 0.946. The maximum Gasteiger partial charge on any atom is 0.227 e. The third-order valence-electron chi connectivity index (χ3n) is 4.57. The average molecular weight is 500 g/mol. The topological polar surface area (TPSA) is 83.3 Å². The van der Waals surface area contributed by atoms with E-state index in [-0.39, 0.29) is 29.9 Å². The largest absolute Gasteiger partial charge is 0.356 e. The molecule has 1 amide bonds. The molecule has 28 heavy (non-hydrogen) atoms. The number of aryl methyl sites for hydroxylation is 2. The van der Waals surface area contributed by atoms with Gasteiger partial charge in [-0.3, -0.25) is 9.79 Å². The molecule has 0 bridgehead atoms. The molecule has 2 aromatic rings.